The first-order valence-electron chi connectivity index (χ1n) is 4.05. The number of ketones is 1. The normalized spacial score (nSPS) is 9.69. The van der Waals surface area contributed by atoms with Crippen molar-refractivity contribution in [3.8, 4) is 0 Å². The maximum absolute atomic E-state index is 11.5. The van der Waals surface area contributed by atoms with Gasteiger partial charge in [-0.05, 0) is 24.6 Å². The Balaban J connectivity index is 3.01. The highest BCUT2D eigenvalue weighted by molar-refractivity contribution is 9.10. The van der Waals surface area contributed by atoms with Gasteiger partial charge in [0.2, 0.25) is 0 Å². The van der Waals surface area contributed by atoms with Crippen LogP contribution < -0.4 is 0 Å². The van der Waals surface area contributed by atoms with Crippen molar-refractivity contribution >= 4 is 21.7 Å². The van der Waals surface area contributed by atoms with Gasteiger partial charge in [-0.2, -0.15) is 0 Å². The van der Waals surface area contributed by atoms with Crippen LogP contribution in [-0.4, -0.2) is 5.78 Å². The molecule has 0 saturated heterocycles. The van der Waals surface area contributed by atoms with E-state index >= 15 is 0 Å². The zero-order chi connectivity index (χ0) is 9.84. The number of carbonyl (C=O) groups excluding carboxylic acids is 1. The molecule has 0 bridgehead atoms. The first-order chi connectivity index (χ1) is 6.15. The number of hydrogen-bond donors (Lipinski definition) is 0. The van der Waals surface area contributed by atoms with E-state index in [2.05, 4.69) is 22.5 Å². The molecule has 1 nitrogen and oxygen atoms in total. The Morgan fingerprint density at radius 2 is 2.31 bits per heavy atom. The topological polar surface area (TPSA) is 17.1 Å². The molecule has 0 spiro atoms. The molecule has 2 heteroatoms. The summed E-state index contributed by atoms with van der Waals surface area (Å²) in [7, 11) is 0. The zero-order valence-corrected chi connectivity index (χ0v) is 9.10. The van der Waals surface area contributed by atoms with Crippen molar-refractivity contribution < 1.29 is 4.79 Å². The summed E-state index contributed by atoms with van der Waals surface area (Å²) in [4.78, 5) is 11.5. The van der Waals surface area contributed by atoms with Gasteiger partial charge in [0.25, 0.3) is 0 Å². The number of Topliss-reactive ketones (excluding diaryl/α,β-unsaturated/α-hetero) is 1. The lowest BCUT2D eigenvalue weighted by molar-refractivity contribution is 0.0995. The SMILES string of the molecule is C=CCC(=O)c1ccc(Br)cc1C. The van der Waals surface area contributed by atoms with Gasteiger partial charge in [0.15, 0.2) is 5.78 Å². The molecule has 0 aliphatic carbocycles. The predicted molar refractivity (Wildman–Crippen MR) is 58.0 cm³/mol. The third-order valence-electron chi connectivity index (χ3n) is 1.82. The molecule has 0 N–H and O–H groups in total. The van der Waals surface area contributed by atoms with E-state index < -0.39 is 0 Å². The first kappa shape index (κ1) is 10.2. The molecule has 1 rings (SSSR count). The van der Waals surface area contributed by atoms with Crippen LogP contribution in [-0.2, 0) is 0 Å². The highest BCUT2D eigenvalue weighted by atomic mass is 79.9. The van der Waals surface area contributed by atoms with E-state index in [1.54, 1.807) is 6.08 Å². The molecule has 0 amide bonds. The van der Waals surface area contributed by atoms with Crippen LogP contribution in [0.3, 0.4) is 0 Å². The Morgan fingerprint density at radius 1 is 1.62 bits per heavy atom. The van der Waals surface area contributed by atoms with Gasteiger partial charge in [0, 0.05) is 16.5 Å². The van der Waals surface area contributed by atoms with Gasteiger partial charge in [-0.15, -0.1) is 6.58 Å². The van der Waals surface area contributed by atoms with Crippen molar-refractivity contribution in [3.63, 3.8) is 0 Å². The van der Waals surface area contributed by atoms with Crippen molar-refractivity contribution in [2.45, 2.75) is 13.3 Å². The molecular formula is C11H11BrO. The number of carbonyl (C=O) groups is 1. The number of aryl methyl sites for hydroxylation is 1. The lowest BCUT2D eigenvalue weighted by atomic mass is 10.0. The minimum Gasteiger partial charge on any atom is -0.294 e. The number of benzene rings is 1. The van der Waals surface area contributed by atoms with Gasteiger partial charge >= 0.3 is 0 Å². The smallest absolute Gasteiger partial charge is 0.166 e. The summed E-state index contributed by atoms with van der Waals surface area (Å²) in [5, 5.41) is 0. The van der Waals surface area contributed by atoms with Crippen LogP contribution in [0.15, 0.2) is 35.3 Å². The van der Waals surface area contributed by atoms with E-state index in [9.17, 15) is 4.79 Å². The maximum Gasteiger partial charge on any atom is 0.166 e. The fraction of sp³-hybridized carbons (Fsp3) is 0.182. The van der Waals surface area contributed by atoms with Gasteiger partial charge in [-0.3, -0.25) is 4.79 Å². The quantitative estimate of drug-likeness (QED) is 0.582. The second kappa shape index (κ2) is 4.38. The molecule has 0 aromatic heterocycles. The summed E-state index contributed by atoms with van der Waals surface area (Å²) in [6.07, 6.45) is 2.03. The molecule has 0 fully saturated rings. The van der Waals surface area contributed by atoms with Crippen molar-refractivity contribution in [1.82, 2.24) is 0 Å². The molecule has 0 atom stereocenters. The number of halogens is 1. The van der Waals surface area contributed by atoms with Crippen LogP contribution in [0.2, 0.25) is 0 Å². The summed E-state index contributed by atoms with van der Waals surface area (Å²) in [6, 6.07) is 5.66. The summed E-state index contributed by atoms with van der Waals surface area (Å²) >= 11 is 3.35. The van der Waals surface area contributed by atoms with E-state index in [4.69, 9.17) is 0 Å². The predicted octanol–water partition coefficient (Wildman–Crippen LogP) is 3.52. The van der Waals surface area contributed by atoms with Crippen LogP contribution in [0.5, 0.6) is 0 Å². The highest BCUT2D eigenvalue weighted by Crippen LogP contribution is 2.17. The number of allylic oxidation sites excluding steroid dienone is 1. The van der Waals surface area contributed by atoms with Gasteiger partial charge < -0.3 is 0 Å². The molecule has 1 aromatic carbocycles. The lowest BCUT2D eigenvalue weighted by Crippen LogP contribution is -1.99. The lowest BCUT2D eigenvalue weighted by Gasteiger charge is -2.02. The fourth-order valence-corrected chi connectivity index (χ4v) is 1.66. The largest absolute Gasteiger partial charge is 0.294 e. The standard InChI is InChI=1S/C11H11BrO/c1-3-4-11(13)10-6-5-9(12)7-8(10)2/h3,5-7H,1,4H2,2H3. The van der Waals surface area contributed by atoms with E-state index in [-0.39, 0.29) is 5.78 Å². The van der Waals surface area contributed by atoms with E-state index in [0.29, 0.717) is 6.42 Å². The maximum atomic E-state index is 11.5. The zero-order valence-electron chi connectivity index (χ0n) is 7.51. The van der Waals surface area contributed by atoms with Gasteiger partial charge in [0.1, 0.15) is 0 Å². The van der Waals surface area contributed by atoms with Crippen LogP contribution in [0, 0.1) is 6.92 Å². The molecular weight excluding hydrogens is 228 g/mol. The summed E-state index contributed by atoms with van der Waals surface area (Å²) in [6.45, 7) is 5.47. The summed E-state index contributed by atoms with van der Waals surface area (Å²) in [5.41, 5.74) is 1.78. The molecule has 0 heterocycles. The van der Waals surface area contributed by atoms with Crippen molar-refractivity contribution in [2.24, 2.45) is 0 Å². The third-order valence-corrected chi connectivity index (χ3v) is 2.31. The van der Waals surface area contributed by atoms with Crippen molar-refractivity contribution in [3.05, 3.63) is 46.5 Å². The minimum absolute atomic E-state index is 0.125. The summed E-state index contributed by atoms with van der Waals surface area (Å²) < 4.78 is 1.00. The molecule has 68 valence electrons. The van der Waals surface area contributed by atoms with Gasteiger partial charge in [-0.25, -0.2) is 0 Å². The molecule has 13 heavy (non-hydrogen) atoms. The Morgan fingerprint density at radius 3 is 2.85 bits per heavy atom. The Bertz CT molecular complexity index is 342. The van der Waals surface area contributed by atoms with E-state index in [1.165, 1.54) is 0 Å². The summed E-state index contributed by atoms with van der Waals surface area (Å²) in [5.74, 6) is 0.125. The molecule has 0 aliphatic heterocycles. The number of rotatable bonds is 3. The Hall–Kier alpha value is -0.890. The van der Waals surface area contributed by atoms with E-state index in [0.717, 1.165) is 15.6 Å². The second-order valence-corrected chi connectivity index (χ2v) is 3.79. The third kappa shape index (κ3) is 2.52. The average Bonchev–Trinajstić information content (AvgIpc) is 2.04. The Labute approximate surface area is 86.6 Å². The first-order valence-corrected chi connectivity index (χ1v) is 4.84. The van der Waals surface area contributed by atoms with Crippen molar-refractivity contribution in [2.75, 3.05) is 0 Å². The van der Waals surface area contributed by atoms with Crippen molar-refractivity contribution in [1.29, 1.82) is 0 Å². The van der Waals surface area contributed by atoms with Crippen LogP contribution in [0.25, 0.3) is 0 Å². The molecule has 0 unspecified atom stereocenters. The monoisotopic (exact) mass is 238 g/mol. The molecule has 0 radical (unpaired) electrons. The van der Waals surface area contributed by atoms with Gasteiger partial charge in [-0.1, -0.05) is 28.1 Å². The molecule has 0 saturated carbocycles. The van der Waals surface area contributed by atoms with Gasteiger partial charge in [0.05, 0.1) is 0 Å². The molecule has 1 aromatic rings. The highest BCUT2D eigenvalue weighted by Gasteiger charge is 2.06. The van der Waals surface area contributed by atoms with Crippen LogP contribution >= 0.6 is 15.9 Å². The average molecular weight is 239 g/mol. The molecule has 0 aliphatic rings. The van der Waals surface area contributed by atoms with Crippen LogP contribution in [0.1, 0.15) is 22.3 Å². The van der Waals surface area contributed by atoms with E-state index in [1.807, 2.05) is 25.1 Å². The second-order valence-electron chi connectivity index (χ2n) is 2.88. The Kier molecular flexibility index (Phi) is 3.43. The minimum atomic E-state index is 0.125. The number of hydrogen-bond acceptors (Lipinski definition) is 1. The van der Waals surface area contributed by atoms with Crippen LogP contribution in [0.4, 0.5) is 0 Å². The fourth-order valence-electron chi connectivity index (χ4n) is 1.18.